The van der Waals surface area contributed by atoms with Crippen molar-refractivity contribution in [3.05, 3.63) is 40.6 Å². The number of H-pyrrole nitrogens is 1. The lowest BCUT2D eigenvalue weighted by Gasteiger charge is -2.29. The van der Waals surface area contributed by atoms with Crippen LogP contribution in [0.15, 0.2) is 16.5 Å². The number of hydrogen-bond donors (Lipinski definition) is 2. The zero-order chi connectivity index (χ0) is 17.2. The smallest absolute Gasteiger partial charge is 0.287 e. The number of nitrogens with one attached hydrogen (secondary N) is 2. The summed E-state index contributed by atoms with van der Waals surface area (Å²) in [7, 11) is 0. The number of aromatic nitrogens is 2. The lowest BCUT2D eigenvalue weighted by Crippen LogP contribution is -2.32. The van der Waals surface area contributed by atoms with Gasteiger partial charge in [-0.15, -0.1) is 0 Å². The van der Waals surface area contributed by atoms with E-state index in [4.69, 9.17) is 4.42 Å². The fraction of sp³-hybridized carbons (Fsp3) is 0.579. The average Bonchev–Trinajstić information content (AvgIpc) is 3.32. The van der Waals surface area contributed by atoms with Gasteiger partial charge in [0.2, 0.25) is 0 Å². The second kappa shape index (κ2) is 7.04. The molecule has 2 N–H and O–H groups in total. The SMILES string of the molecule is CC1CCN(Cc2ccc(C(=O)NCc3n[nH]c4c3CCC4)o2)CC1. The van der Waals surface area contributed by atoms with Gasteiger partial charge in [0.05, 0.1) is 18.8 Å². The summed E-state index contributed by atoms with van der Waals surface area (Å²) >= 11 is 0. The van der Waals surface area contributed by atoms with Crippen LogP contribution in [0, 0.1) is 5.92 Å². The Labute approximate surface area is 148 Å². The number of aromatic amines is 1. The second-order valence-corrected chi connectivity index (χ2v) is 7.39. The maximum atomic E-state index is 12.3. The summed E-state index contributed by atoms with van der Waals surface area (Å²) in [5, 5.41) is 10.3. The van der Waals surface area contributed by atoms with Crippen molar-refractivity contribution in [2.45, 2.75) is 52.1 Å². The predicted molar refractivity (Wildman–Crippen MR) is 94.2 cm³/mol. The van der Waals surface area contributed by atoms with E-state index in [1.165, 1.54) is 30.5 Å². The van der Waals surface area contributed by atoms with E-state index in [0.717, 1.165) is 49.8 Å². The lowest BCUT2D eigenvalue weighted by atomic mass is 9.99. The molecule has 134 valence electrons. The van der Waals surface area contributed by atoms with E-state index in [9.17, 15) is 4.79 Å². The highest BCUT2D eigenvalue weighted by atomic mass is 16.4. The van der Waals surface area contributed by atoms with Crippen LogP contribution in [0.4, 0.5) is 0 Å². The molecule has 0 atom stereocenters. The van der Waals surface area contributed by atoms with Crippen LogP contribution in [0.1, 0.15) is 59.5 Å². The third-order valence-corrected chi connectivity index (χ3v) is 5.45. The average molecular weight is 342 g/mol. The Bertz CT molecular complexity index is 740. The molecule has 1 saturated heterocycles. The van der Waals surface area contributed by atoms with Crippen molar-refractivity contribution in [1.82, 2.24) is 20.4 Å². The summed E-state index contributed by atoms with van der Waals surface area (Å²) in [5.74, 6) is 1.89. The third-order valence-electron chi connectivity index (χ3n) is 5.45. The van der Waals surface area contributed by atoms with Crippen LogP contribution < -0.4 is 5.32 Å². The van der Waals surface area contributed by atoms with Gasteiger partial charge in [-0.1, -0.05) is 6.92 Å². The fourth-order valence-corrected chi connectivity index (χ4v) is 3.81. The minimum absolute atomic E-state index is 0.173. The number of rotatable bonds is 5. The maximum absolute atomic E-state index is 12.3. The van der Waals surface area contributed by atoms with Crippen molar-refractivity contribution in [1.29, 1.82) is 0 Å². The number of fused-ring (bicyclic) bond motifs is 1. The molecular weight excluding hydrogens is 316 g/mol. The first-order valence-corrected chi connectivity index (χ1v) is 9.33. The molecule has 1 fully saturated rings. The van der Waals surface area contributed by atoms with Crippen LogP contribution in [0.5, 0.6) is 0 Å². The second-order valence-electron chi connectivity index (χ2n) is 7.39. The number of amides is 1. The molecule has 1 aliphatic heterocycles. The summed E-state index contributed by atoms with van der Waals surface area (Å²) in [6.45, 7) is 5.75. The number of piperidine rings is 1. The van der Waals surface area contributed by atoms with E-state index < -0.39 is 0 Å². The molecule has 0 aromatic carbocycles. The standard InChI is InChI=1S/C19H26N4O2/c1-13-7-9-23(10-8-13)12-14-5-6-18(25-14)19(24)20-11-17-15-3-2-4-16(15)21-22-17/h5-6,13H,2-4,7-12H2,1H3,(H,20,24)(H,21,22). The molecule has 0 unspecified atom stereocenters. The first-order chi connectivity index (χ1) is 12.2. The Morgan fingerprint density at radius 3 is 3.04 bits per heavy atom. The van der Waals surface area contributed by atoms with Gasteiger partial charge in [0.25, 0.3) is 5.91 Å². The molecule has 0 bridgehead atoms. The van der Waals surface area contributed by atoms with E-state index in [1.807, 2.05) is 6.07 Å². The molecule has 0 radical (unpaired) electrons. The van der Waals surface area contributed by atoms with Gasteiger partial charge in [0.1, 0.15) is 5.76 Å². The van der Waals surface area contributed by atoms with Gasteiger partial charge in [-0.2, -0.15) is 5.10 Å². The highest BCUT2D eigenvalue weighted by molar-refractivity contribution is 5.91. The van der Waals surface area contributed by atoms with Crippen molar-refractivity contribution in [3.63, 3.8) is 0 Å². The Kier molecular flexibility index (Phi) is 4.61. The van der Waals surface area contributed by atoms with Crippen molar-refractivity contribution in [2.75, 3.05) is 13.1 Å². The van der Waals surface area contributed by atoms with Crippen LogP contribution >= 0.6 is 0 Å². The van der Waals surface area contributed by atoms with Crippen LogP contribution in [0.2, 0.25) is 0 Å². The molecule has 2 aliphatic rings. The lowest BCUT2D eigenvalue weighted by molar-refractivity contribution is 0.0917. The van der Waals surface area contributed by atoms with E-state index in [2.05, 4.69) is 27.3 Å². The van der Waals surface area contributed by atoms with Gasteiger partial charge in [-0.05, 0) is 68.8 Å². The number of carbonyl (C=O) groups excluding carboxylic acids is 1. The number of hydrogen-bond acceptors (Lipinski definition) is 4. The van der Waals surface area contributed by atoms with Crippen LogP contribution in [0.25, 0.3) is 0 Å². The van der Waals surface area contributed by atoms with Gasteiger partial charge in [-0.3, -0.25) is 14.8 Å². The van der Waals surface area contributed by atoms with Crippen LogP contribution in [0.3, 0.4) is 0 Å². The summed E-state index contributed by atoms with van der Waals surface area (Å²) < 4.78 is 5.76. The Morgan fingerprint density at radius 1 is 1.36 bits per heavy atom. The minimum atomic E-state index is -0.173. The van der Waals surface area contributed by atoms with Gasteiger partial charge < -0.3 is 9.73 Å². The summed E-state index contributed by atoms with van der Waals surface area (Å²) in [5.41, 5.74) is 3.45. The molecule has 4 rings (SSSR count). The predicted octanol–water partition coefficient (Wildman–Crippen LogP) is 2.65. The van der Waals surface area contributed by atoms with Crippen LogP contribution in [-0.4, -0.2) is 34.1 Å². The number of furan rings is 1. The van der Waals surface area contributed by atoms with Gasteiger partial charge in [-0.25, -0.2) is 0 Å². The van der Waals surface area contributed by atoms with E-state index in [0.29, 0.717) is 12.3 Å². The van der Waals surface area contributed by atoms with Crippen molar-refractivity contribution in [2.24, 2.45) is 5.92 Å². The molecule has 6 heteroatoms. The number of likely N-dealkylation sites (tertiary alicyclic amines) is 1. The number of aryl methyl sites for hydroxylation is 1. The number of nitrogens with zero attached hydrogens (tertiary/aromatic N) is 2. The van der Waals surface area contributed by atoms with Crippen molar-refractivity contribution < 1.29 is 9.21 Å². The highest BCUT2D eigenvalue weighted by Gasteiger charge is 2.20. The normalized spacial score (nSPS) is 18.4. The summed E-state index contributed by atoms with van der Waals surface area (Å²) in [4.78, 5) is 14.7. The van der Waals surface area contributed by atoms with Gasteiger partial charge >= 0.3 is 0 Å². The molecular formula is C19H26N4O2. The van der Waals surface area contributed by atoms with Crippen molar-refractivity contribution >= 4 is 5.91 Å². The molecule has 2 aromatic heterocycles. The minimum Gasteiger partial charge on any atom is -0.455 e. The molecule has 2 aromatic rings. The monoisotopic (exact) mass is 342 g/mol. The quantitative estimate of drug-likeness (QED) is 0.876. The molecule has 1 aliphatic carbocycles. The van der Waals surface area contributed by atoms with Crippen molar-refractivity contribution in [3.8, 4) is 0 Å². The maximum Gasteiger partial charge on any atom is 0.287 e. The Balaban J connectivity index is 1.31. The molecule has 3 heterocycles. The Hall–Kier alpha value is -2.08. The molecule has 0 spiro atoms. The van der Waals surface area contributed by atoms with Crippen LogP contribution in [-0.2, 0) is 25.9 Å². The topological polar surface area (TPSA) is 74.2 Å². The summed E-state index contributed by atoms with van der Waals surface area (Å²) in [6.07, 6.45) is 5.76. The third kappa shape index (κ3) is 3.63. The zero-order valence-corrected chi connectivity index (χ0v) is 14.8. The highest BCUT2D eigenvalue weighted by Crippen LogP contribution is 2.23. The first-order valence-electron chi connectivity index (χ1n) is 9.33. The molecule has 1 amide bonds. The molecule has 25 heavy (non-hydrogen) atoms. The van der Waals surface area contributed by atoms with Gasteiger partial charge in [0, 0.05) is 5.69 Å². The first kappa shape index (κ1) is 16.4. The molecule has 6 nitrogen and oxygen atoms in total. The fourth-order valence-electron chi connectivity index (χ4n) is 3.81. The summed E-state index contributed by atoms with van der Waals surface area (Å²) in [6, 6.07) is 3.69. The Morgan fingerprint density at radius 2 is 2.20 bits per heavy atom. The van der Waals surface area contributed by atoms with Gasteiger partial charge in [0.15, 0.2) is 5.76 Å². The zero-order valence-electron chi connectivity index (χ0n) is 14.8. The van der Waals surface area contributed by atoms with E-state index >= 15 is 0 Å². The largest absolute Gasteiger partial charge is 0.455 e. The van der Waals surface area contributed by atoms with E-state index in [1.54, 1.807) is 6.07 Å². The van der Waals surface area contributed by atoms with E-state index in [-0.39, 0.29) is 5.91 Å². The number of carbonyl (C=O) groups is 1. The molecule has 0 saturated carbocycles.